The lowest BCUT2D eigenvalue weighted by atomic mass is 9.99. The summed E-state index contributed by atoms with van der Waals surface area (Å²) >= 11 is 0. The number of alkyl halides is 2. The minimum absolute atomic E-state index is 0.140. The Morgan fingerprint density at radius 2 is 2.19 bits per heavy atom. The highest BCUT2D eigenvalue weighted by Gasteiger charge is 2.67. The molecule has 1 amide bonds. The predicted octanol–water partition coefficient (Wildman–Crippen LogP) is 0.861. The minimum Gasteiger partial charge on any atom is -0.384 e. The highest BCUT2D eigenvalue weighted by atomic mass is 19.3. The van der Waals surface area contributed by atoms with Gasteiger partial charge in [0.15, 0.2) is 0 Å². The molecule has 92 valence electrons. The summed E-state index contributed by atoms with van der Waals surface area (Å²) in [6, 6.07) is -0.586. The average Bonchev–Trinajstić information content (AvgIpc) is 2.57. The lowest BCUT2D eigenvalue weighted by Gasteiger charge is -2.29. The summed E-state index contributed by atoms with van der Waals surface area (Å²) in [5, 5.41) is 0. The maximum atomic E-state index is 13.7. The first kappa shape index (κ1) is 11.7. The zero-order chi connectivity index (χ0) is 12.1. The Labute approximate surface area is 92.5 Å². The van der Waals surface area contributed by atoms with Gasteiger partial charge in [0.25, 0.3) is 5.91 Å². The Morgan fingerprint density at radius 3 is 2.75 bits per heavy atom. The molecule has 0 aliphatic carbocycles. The number of ether oxygens (including phenoxy) is 2. The number of methoxy groups -OCH3 is 1. The predicted molar refractivity (Wildman–Crippen MR) is 51.0 cm³/mol. The molecule has 6 heteroatoms. The molecule has 0 bridgehead atoms. The van der Waals surface area contributed by atoms with E-state index in [1.165, 1.54) is 7.11 Å². The van der Waals surface area contributed by atoms with E-state index in [9.17, 15) is 13.6 Å². The molecule has 4 nitrogen and oxygen atoms in total. The molecular formula is C10H15F2NO3. The van der Waals surface area contributed by atoms with Crippen molar-refractivity contribution < 1.29 is 23.0 Å². The number of fused-ring (bicyclic) bond motifs is 1. The van der Waals surface area contributed by atoms with E-state index in [1.807, 2.05) is 0 Å². The van der Waals surface area contributed by atoms with Gasteiger partial charge in [0.05, 0.1) is 25.2 Å². The second kappa shape index (κ2) is 3.37. The monoisotopic (exact) mass is 235 g/mol. The summed E-state index contributed by atoms with van der Waals surface area (Å²) in [4.78, 5) is 12.8. The van der Waals surface area contributed by atoms with Gasteiger partial charge in [-0.3, -0.25) is 4.79 Å². The van der Waals surface area contributed by atoms with Gasteiger partial charge in [0, 0.05) is 7.11 Å². The Hall–Kier alpha value is -0.750. The van der Waals surface area contributed by atoms with Gasteiger partial charge in [-0.1, -0.05) is 0 Å². The first-order valence-electron chi connectivity index (χ1n) is 5.17. The number of hydrogen-bond donors (Lipinski definition) is 0. The SMILES string of the molecule is COCC1C2COC(C)(C)N2C(=O)C1(F)F. The van der Waals surface area contributed by atoms with Crippen molar-refractivity contribution in [1.82, 2.24) is 4.90 Å². The fourth-order valence-corrected chi connectivity index (χ4v) is 2.48. The van der Waals surface area contributed by atoms with Crippen molar-refractivity contribution in [3.63, 3.8) is 0 Å². The third-order valence-electron chi connectivity index (χ3n) is 3.30. The largest absolute Gasteiger partial charge is 0.384 e. The number of carbonyl (C=O) groups excluding carboxylic acids is 1. The Bertz CT molecular complexity index is 319. The van der Waals surface area contributed by atoms with E-state index in [-0.39, 0.29) is 13.2 Å². The smallest absolute Gasteiger partial charge is 0.331 e. The van der Waals surface area contributed by atoms with Gasteiger partial charge in [0.1, 0.15) is 5.72 Å². The summed E-state index contributed by atoms with van der Waals surface area (Å²) in [6.07, 6.45) is 0. The van der Waals surface area contributed by atoms with Crippen LogP contribution in [0.2, 0.25) is 0 Å². The number of rotatable bonds is 2. The van der Waals surface area contributed by atoms with Crippen LogP contribution >= 0.6 is 0 Å². The third kappa shape index (κ3) is 1.36. The van der Waals surface area contributed by atoms with Crippen LogP contribution < -0.4 is 0 Å². The fourth-order valence-electron chi connectivity index (χ4n) is 2.48. The fraction of sp³-hybridized carbons (Fsp3) is 0.900. The summed E-state index contributed by atoms with van der Waals surface area (Å²) in [5.41, 5.74) is -0.951. The van der Waals surface area contributed by atoms with Crippen molar-refractivity contribution in [3.8, 4) is 0 Å². The minimum atomic E-state index is -3.35. The number of amides is 1. The van der Waals surface area contributed by atoms with E-state index in [2.05, 4.69) is 0 Å². The Morgan fingerprint density at radius 1 is 1.56 bits per heavy atom. The first-order chi connectivity index (χ1) is 7.32. The van der Waals surface area contributed by atoms with Gasteiger partial charge >= 0.3 is 5.92 Å². The molecule has 2 unspecified atom stereocenters. The number of halogens is 2. The van der Waals surface area contributed by atoms with E-state index < -0.39 is 29.5 Å². The zero-order valence-corrected chi connectivity index (χ0v) is 9.50. The van der Waals surface area contributed by atoms with Gasteiger partial charge in [0.2, 0.25) is 0 Å². The third-order valence-corrected chi connectivity index (χ3v) is 3.30. The molecule has 0 aromatic rings. The molecule has 2 aliphatic heterocycles. The van der Waals surface area contributed by atoms with Crippen LogP contribution in [0.5, 0.6) is 0 Å². The molecule has 0 N–H and O–H groups in total. The quantitative estimate of drug-likeness (QED) is 0.712. The van der Waals surface area contributed by atoms with E-state index in [4.69, 9.17) is 9.47 Å². The van der Waals surface area contributed by atoms with Crippen LogP contribution in [0.1, 0.15) is 13.8 Å². The van der Waals surface area contributed by atoms with Gasteiger partial charge < -0.3 is 14.4 Å². The van der Waals surface area contributed by atoms with E-state index in [0.29, 0.717) is 0 Å². The Kier molecular flexibility index (Phi) is 2.47. The summed E-state index contributed by atoms with van der Waals surface area (Å²) in [6.45, 7) is 3.24. The van der Waals surface area contributed by atoms with Crippen molar-refractivity contribution in [2.24, 2.45) is 5.92 Å². The van der Waals surface area contributed by atoms with Crippen molar-refractivity contribution >= 4 is 5.91 Å². The van der Waals surface area contributed by atoms with Gasteiger partial charge in [-0.15, -0.1) is 0 Å². The lowest BCUT2D eigenvalue weighted by Crippen LogP contribution is -2.46. The van der Waals surface area contributed by atoms with Crippen LogP contribution in [0.3, 0.4) is 0 Å². The van der Waals surface area contributed by atoms with Gasteiger partial charge in [-0.25, -0.2) is 0 Å². The number of carbonyl (C=O) groups is 1. The highest BCUT2D eigenvalue weighted by Crippen LogP contribution is 2.46. The standard InChI is InChI=1S/C10H15F2NO3/c1-9(2)13-7(5-16-9)6(4-15-3)10(11,12)8(13)14/h6-7H,4-5H2,1-3H3. The molecule has 0 aromatic carbocycles. The second-order valence-corrected chi connectivity index (χ2v) is 4.69. The van der Waals surface area contributed by atoms with Crippen LogP contribution in [0.4, 0.5) is 8.78 Å². The van der Waals surface area contributed by atoms with Crippen molar-refractivity contribution in [1.29, 1.82) is 0 Å². The zero-order valence-electron chi connectivity index (χ0n) is 9.50. The molecule has 2 heterocycles. The summed E-state index contributed by atoms with van der Waals surface area (Å²) in [5.74, 6) is -5.62. The molecule has 16 heavy (non-hydrogen) atoms. The van der Waals surface area contributed by atoms with Crippen molar-refractivity contribution in [2.75, 3.05) is 20.3 Å². The second-order valence-electron chi connectivity index (χ2n) is 4.69. The molecule has 2 aliphatic rings. The average molecular weight is 235 g/mol. The first-order valence-corrected chi connectivity index (χ1v) is 5.17. The molecule has 2 rings (SSSR count). The van der Waals surface area contributed by atoms with Crippen molar-refractivity contribution in [3.05, 3.63) is 0 Å². The molecule has 2 fully saturated rings. The van der Waals surface area contributed by atoms with Crippen molar-refractivity contribution in [2.45, 2.75) is 31.5 Å². The molecule has 0 saturated carbocycles. The maximum absolute atomic E-state index is 13.7. The summed E-state index contributed by atoms with van der Waals surface area (Å²) in [7, 11) is 1.35. The number of nitrogens with zero attached hydrogens (tertiary/aromatic N) is 1. The molecule has 0 spiro atoms. The maximum Gasteiger partial charge on any atom is 0.331 e. The van der Waals surface area contributed by atoms with Gasteiger partial charge in [-0.05, 0) is 13.8 Å². The topological polar surface area (TPSA) is 38.8 Å². The van der Waals surface area contributed by atoms with Crippen LogP contribution in [-0.2, 0) is 14.3 Å². The van der Waals surface area contributed by atoms with Gasteiger partial charge in [-0.2, -0.15) is 8.78 Å². The molecule has 0 aromatic heterocycles. The molecular weight excluding hydrogens is 220 g/mol. The van der Waals surface area contributed by atoms with Crippen LogP contribution in [0.25, 0.3) is 0 Å². The van der Waals surface area contributed by atoms with E-state index in [1.54, 1.807) is 13.8 Å². The van der Waals surface area contributed by atoms with E-state index >= 15 is 0 Å². The highest BCUT2D eigenvalue weighted by molar-refractivity contribution is 5.87. The van der Waals surface area contributed by atoms with Crippen LogP contribution in [0, 0.1) is 5.92 Å². The summed E-state index contributed by atoms with van der Waals surface area (Å²) < 4.78 is 37.6. The van der Waals surface area contributed by atoms with Crippen LogP contribution in [-0.4, -0.2) is 48.8 Å². The van der Waals surface area contributed by atoms with Crippen LogP contribution in [0.15, 0.2) is 0 Å². The van der Waals surface area contributed by atoms with E-state index in [0.717, 1.165) is 4.90 Å². The molecule has 2 saturated heterocycles. The molecule has 2 atom stereocenters. The lowest BCUT2D eigenvalue weighted by molar-refractivity contribution is -0.165. The molecule has 0 radical (unpaired) electrons. The Balaban J connectivity index is 2.34. The normalized spacial score (nSPS) is 35.6. The number of hydrogen-bond acceptors (Lipinski definition) is 3.